The topological polar surface area (TPSA) is 23.0 Å². The van der Waals surface area contributed by atoms with E-state index in [1.54, 1.807) is 0 Å². The summed E-state index contributed by atoms with van der Waals surface area (Å²) in [4.78, 5) is 0. The highest BCUT2D eigenvalue weighted by atomic mass is 16.3. The summed E-state index contributed by atoms with van der Waals surface area (Å²) >= 11 is 0. The summed E-state index contributed by atoms with van der Waals surface area (Å²) in [6.07, 6.45) is 0. The van der Waals surface area contributed by atoms with Crippen LogP contribution >= 0.6 is 0 Å². The van der Waals surface area contributed by atoms with Gasteiger partial charge in [0.05, 0.1) is 16.4 Å². The van der Waals surface area contributed by atoms with Crippen molar-refractivity contribution in [3.63, 3.8) is 0 Å². The van der Waals surface area contributed by atoms with Gasteiger partial charge in [0, 0.05) is 43.7 Å². The first-order valence-corrected chi connectivity index (χ1v) is 18.0. The molecule has 1 aliphatic heterocycles. The summed E-state index contributed by atoms with van der Waals surface area (Å²) in [7, 11) is 0. The molecular weight excluding hydrogens is 631 g/mol. The maximum atomic E-state index is 6.69. The second-order valence-corrected chi connectivity index (χ2v) is 14.0. The number of benzene rings is 8. The summed E-state index contributed by atoms with van der Waals surface area (Å²) in [6, 6.07) is 64.2. The predicted molar refractivity (Wildman–Crippen MR) is 219 cm³/mol. The molecule has 0 bridgehead atoms. The molecule has 0 atom stereocenters. The van der Waals surface area contributed by atoms with Gasteiger partial charge >= 0.3 is 6.85 Å². The molecule has 8 aromatic carbocycles. The van der Waals surface area contributed by atoms with Gasteiger partial charge in [0.1, 0.15) is 11.2 Å². The van der Waals surface area contributed by atoms with Crippen molar-refractivity contribution in [1.82, 2.24) is 9.05 Å². The van der Waals surface area contributed by atoms with E-state index in [0.29, 0.717) is 0 Å². The van der Waals surface area contributed by atoms with Crippen LogP contribution in [0.4, 0.5) is 0 Å². The van der Waals surface area contributed by atoms with Crippen LogP contribution in [0.3, 0.4) is 0 Å². The van der Waals surface area contributed by atoms with Crippen LogP contribution in [0.25, 0.3) is 93.5 Å². The number of hydrogen-bond acceptors (Lipinski definition) is 1. The van der Waals surface area contributed by atoms with E-state index in [1.807, 2.05) is 0 Å². The van der Waals surface area contributed by atoms with Crippen molar-refractivity contribution >= 4 is 83.3 Å². The average Bonchev–Trinajstić information content (AvgIpc) is 3.87. The third-order valence-corrected chi connectivity index (χ3v) is 11.4. The molecule has 0 aliphatic carbocycles. The van der Waals surface area contributed by atoms with Crippen molar-refractivity contribution in [2.45, 2.75) is 0 Å². The predicted octanol–water partition coefficient (Wildman–Crippen LogP) is 11.1. The Morgan fingerprint density at radius 3 is 1.73 bits per heavy atom. The van der Waals surface area contributed by atoms with Crippen LogP contribution < -0.4 is 10.9 Å². The Kier molecular flexibility index (Phi) is 5.58. The molecule has 0 saturated heterocycles. The fraction of sp³-hybridized carbons (Fsp3) is 0. The summed E-state index contributed by atoms with van der Waals surface area (Å²) in [6.45, 7) is -0.0695. The number of hydrogen-bond donors (Lipinski definition) is 0. The van der Waals surface area contributed by atoms with Gasteiger partial charge in [0.25, 0.3) is 0 Å². The zero-order chi connectivity index (χ0) is 33.9. The van der Waals surface area contributed by atoms with Gasteiger partial charge in [0.2, 0.25) is 0 Å². The molecule has 0 unspecified atom stereocenters. The first kappa shape index (κ1) is 28.0. The molecule has 3 aromatic heterocycles. The Balaban J connectivity index is 1.23. The lowest BCUT2D eigenvalue weighted by molar-refractivity contribution is 0.673. The van der Waals surface area contributed by atoms with Gasteiger partial charge < -0.3 is 13.5 Å². The van der Waals surface area contributed by atoms with Crippen LogP contribution in [0.1, 0.15) is 0 Å². The Morgan fingerprint density at radius 2 is 1.00 bits per heavy atom. The van der Waals surface area contributed by atoms with Crippen molar-refractivity contribution in [2.75, 3.05) is 0 Å². The maximum absolute atomic E-state index is 6.69. The highest BCUT2D eigenvalue weighted by Crippen LogP contribution is 2.42. The van der Waals surface area contributed by atoms with E-state index in [9.17, 15) is 0 Å². The molecule has 240 valence electrons. The molecule has 11 aromatic rings. The molecule has 0 fully saturated rings. The van der Waals surface area contributed by atoms with Gasteiger partial charge in [-0.05, 0) is 69.6 Å². The standard InChI is InChI=1S/C48H29BN2O/c1-3-12-30(13-4-1)32-22-24-34-35-25-23-33(31-14-5-2-6-15-31)29-44(35)51(43(34)28-32)49-39-18-8-9-20-41(39)50-42-27-26-37-36-16-7-10-21-45(36)52-48(37)46(42)38-17-11-19-40(49)47(38)50/h1-29H. The van der Waals surface area contributed by atoms with E-state index < -0.39 is 0 Å². The minimum Gasteiger partial charge on any atom is -0.455 e. The van der Waals surface area contributed by atoms with Crippen LogP contribution in [-0.2, 0) is 0 Å². The lowest BCUT2D eigenvalue weighted by Gasteiger charge is -2.28. The lowest BCUT2D eigenvalue weighted by atomic mass is 9.48. The van der Waals surface area contributed by atoms with Gasteiger partial charge in [-0.15, -0.1) is 0 Å². The molecule has 4 heterocycles. The Morgan fingerprint density at radius 1 is 0.404 bits per heavy atom. The van der Waals surface area contributed by atoms with E-state index in [2.05, 4.69) is 185 Å². The second-order valence-electron chi connectivity index (χ2n) is 14.0. The largest absolute Gasteiger partial charge is 0.455 e. The number of nitrogens with zero attached hydrogens (tertiary/aromatic N) is 2. The smallest absolute Gasteiger partial charge is 0.332 e. The first-order valence-electron chi connectivity index (χ1n) is 18.0. The summed E-state index contributed by atoms with van der Waals surface area (Å²) < 4.78 is 11.8. The molecular formula is C48H29BN2O. The fourth-order valence-electron chi connectivity index (χ4n) is 9.14. The minimum absolute atomic E-state index is 0.0695. The highest BCUT2D eigenvalue weighted by Gasteiger charge is 2.36. The van der Waals surface area contributed by atoms with E-state index in [-0.39, 0.29) is 6.85 Å². The van der Waals surface area contributed by atoms with Crippen LogP contribution in [-0.4, -0.2) is 15.9 Å². The Bertz CT molecular complexity index is 3140. The summed E-state index contributed by atoms with van der Waals surface area (Å²) in [5.74, 6) is 0. The average molecular weight is 661 g/mol. The number of rotatable bonds is 3. The van der Waals surface area contributed by atoms with E-state index in [0.717, 1.165) is 21.9 Å². The maximum Gasteiger partial charge on any atom is 0.332 e. The van der Waals surface area contributed by atoms with Crippen LogP contribution in [0.5, 0.6) is 0 Å². The van der Waals surface area contributed by atoms with Crippen molar-refractivity contribution in [2.24, 2.45) is 0 Å². The molecule has 0 amide bonds. The van der Waals surface area contributed by atoms with E-state index in [1.165, 1.54) is 82.5 Å². The van der Waals surface area contributed by atoms with Crippen molar-refractivity contribution in [1.29, 1.82) is 0 Å². The summed E-state index contributed by atoms with van der Waals surface area (Å²) in [5, 5.41) is 7.20. The van der Waals surface area contributed by atoms with Gasteiger partial charge in [-0.25, -0.2) is 0 Å². The van der Waals surface area contributed by atoms with Crippen molar-refractivity contribution in [3.05, 3.63) is 176 Å². The molecule has 0 spiro atoms. The van der Waals surface area contributed by atoms with Crippen molar-refractivity contribution < 1.29 is 4.42 Å². The van der Waals surface area contributed by atoms with Gasteiger partial charge in [-0.2, -0.15) is 0 Å². The number of fused-ring (bicyclic) bond motifs is 12. The number of aromatic nitrogens is 2. The quantitative estimate of drug-likeness (QED) is 0.173. The van der Waals surface area contributed by atoms with E-state index in [4.69, 9.17) is 4.42 Å². The monoisotopic (exact) mass is 660 g/mol. The molecule has 52 heavy (non-hydrogen) atoms. The highest BCUT2D eigenvalue weighted by molar-refractivity contribution is 6.88. The zero-order valence-electron chi connectivity index (χ0n) is 28.1. The first-order chi connectivity index (χ1) is 25.8. The van der Waals surface area contributed by atoms with Crippen molar-refractivity contribution in [3.8, 4) is 27.9 Å². The van der Waals surface area contributed by atoms with Crippen LogP contribution in [0, 0.1) is 0 Å². The summed E-state index contributed by atoms with van der Waals surface area (Å²) in [5.41, 5.74) is 15.3. The third kappa shape index (κ3) is 3.71. The lowest BCUT2D eigenvalue weighted by Crippen LogP contribution is -2.53. The van der Waals surface area contributed by atoms with Crippen LogP contribution in [0.2, 0.25) is 0 Å². The molecule has 0 saturated carbocycles. The van der Waals surface area contributed by atoms with Gasteiger partial charge in [0.15, 0.2) is 0 Å². The normalized spacial score (nSPS) is 12.6. The minimum atomic E-state index is -0.0695. The SMILES string of the molecule is c1ccc(-c2ccc3c4ccc(-c5ccccc5)cc4n(B4c5ccccc5-n5c6ccc7c8ccccc8oc7c6c6cccc4c65)c3c2)cc1. The zero-order valence-corrected chi connectivity index (χ0v) is 28.1. The van der Waals surface area contributed by atoms with Crippen LogP contribution in [0.15, 0.2) is 180 Å². The second kappa shape index (κ2) is 10.4. The van der Waals surface area contributed by atoms with Gasteiger partial charge in [-0.1, -0.05) is 140 Å². The molecule has 4 heteroatoms. The molecule has 12 rings (SSSR count). The third-order valence-electron chi connectivity index (χ3n) is 11.4. The Hall–Kier alpha value is -6.78. The molecule has 3 nitrogen and oxygen atoms in total. The van der Waals surface area contributed by atoms with E-state index >= 15 is 0 Å². The fourth-order valence-corrected chi connectivity index (χ4v) is 9.14. The number of furan rings is 1. The molecule has 0 N–H and O–H groups in total. The number of para-hydroxylation sites is 3. The Labute approximate surface area is 299 Å². The molecule has 1 aliphatic rings. The van der Waals surface area contributed by atoms with Gasteiger partial charge in [-0.3, -0.25) is 0 Å². The molecule has 0 radical (unpaired) electrons.